The summed E-state index contributed by atoms with van der Waals surface area (Å²) in [5, 5.41) is 3.32. The first-order chi connectivity index (χ1) is 9.17. The smallest absolute Gasteiger partial charge is 0.0825 e. The van der Waals surface area contributed by atoms with Crippen LogP contribution in [0, 0.1) is 0 Å². The number of piperidine rings is 1. The van der Waals surface area contributed by atoms with Crippen molar-refractivity contribution in [1.82, 2.24) is 10.3 Å². The topological polar surface area (TPSA) is 37.4 Å². The summed E-state index contributed by atoms with van der Waals surface area (Å²) >= 11 is 0. The fourth-order valence-electron chi connectivity index (χ4n) is 2.60. The Hall–Kier alpha value is -1.13. The molecule has 0 bridgehead atoms. The Morgan fingerprint density at radius 3 is 3.11 bits per heavy atom. The number of pyridine rings is 1. The van der Waals surface area contributed by atoms with E-state index in [1.54, 1.807) is 0 Å². The van der Waals surface area contributed by atoms with Crippen LogP contribution in [-0.2, 0) is 11.3 Å². The molecule has 4 heteroatoms. The van der Waals surface area contributed by atoms with Gasteiger partial charge in [0.05, 0.1) is 11.3 Å². The lowest BCUT2D eigenvalue weighted by Crippen LogP contribution is -2.47. The van der Waals surface area contributed by atoms with Crippen molar-refractivity contribution in [2.75, 3.05) is 31.6 Å². The molecule has 1 aromatic rings. The summed E-state index contributed by atoms with van der Waals surface area (Å²) in [7, 11) is 1.81. The first-order valence-electron chi connectivity index (χ1n) is 7.12. The van der Waals surface area contributed by atoms with Crippen molar-refractivity contribution in [3.05, 3.63) is 24.0 Å². The Balaban J connectivity index is 2.08. The maximum atomic E-state index is 5.66. The first-order valence-corrected chi connectivity index (χ1v) is 7.12. The van der Waals surface area contributed by atoms with Gasteiger partial charge in [-0.3, -0.25) is 4.98 Å². The molecule has 2 rings (SSSR count). The molecular weight excluding hydrogens is 238 g/mol. The molecule has 1 aliphatic rings. The van der Waals surface area contributed by atoms with Gasteiger partial charge < -0.3 is 15.0 Å². The second-order valence-corrected chi connectivity index (χ2v) is 5.46. The van der Waals surface area contributed by atoms with E-state index in [2.05, 4.69) is 41.2 Å². The maximum Gasteiger partial charge on any atom is 0.0825 e. The molecule has 0 aromatic carbocycles. The van der Waals surface area contributed by atoms with Gasteiger partial charge in [0.1, 0.15) is 0 Å². The molecule has 1 aliphatic heterocycles. The van der Waals surface area contributed by atoms with Crippen LogP contribution in [0.3, 0.4) is 0 Å². The van der Waals surface area contributed by atoms with Crippen molar-refractivity contribution in [3.63, 3.8) is 0 Å². The Bertz CT molecular complexity index is 410. The summed E-state index contributed by atoms with van der Waals surface area (Å²) < 4.78 is 5.66. The zero-order valence-corrected chi connectivity index (χ0v) is 12.3. The van der Waals surface area contributed by atoms with Crippen LogP contribution in [-0.4, -0.2) is 37.3 Å². The van der Waals surface area contributed by atoms with Crippen molar-refractivity contribution in [1.29, 1.82) is 0 Å². The molecule has 1 aromatic heterocycles. The Morgan fingerprint density at radius 2 is 2.37 bits per heavy atom. The zero-order chi connectivity index (χ0) is 13.7. The van der Waals surface area contributed by atoms with Gasteiger partial charge in [0, 0.05) is 38.6 Å². The summed E-state index contributed by atoms with van der Waals surface area (Å²) in [6.07, 6.45) is 4.21. The molecule has 2 heterocycles. The highest BCUT2D eigenvalue weighted by Gasteiger charge is 2.30. The second kappa shape index (κ2) is 6.35. The number of anilines is 1. The van der Waals surface area contributed by atoms with Gasteiger partial charge in [0.2, 0.25) is 0 Å². The molecule has 1 unspecified atom stereocenters. The molecule has 0 aliphatic carbocycles. The van der Waals surface area contributed by atoms with E-state index in [1.165, 1.54) is 12.1 Å². The third kappa shape index (κ3) is 3.67. The summed E-state index contributed by atoms with van der Waals surface area (Å²) in [6, 6.07) is 4.28. The van der Waals surface area contributed by atoms with E-state index in [9.17, 15) is 0 Å². The molecule has 1 fully saturated rings. The Morgan fingerprint density at radius 1 is 1.53 bits per heavy atom. The van der Waals surface area contributed by atoms with Gasteiger partial charge in [-0.2, -0.15) is 0 Å². The fourth-order valence-corrected chi connectivity index (χ4v) is 2.60. The molecular formula is C15H25N3O. The molecule has 4 nitrogen and oxygen atoms in total. The largest absolute Gasteiger partial charge is 0.377 e. The normalized spacial score (nSPS) is 23.6. The molecule has 0 spiro atoms. The van der Waals surface area contributed by atoms with E-state index in [-0.39, 0.29) is 5.60 Å². The van der Waals surface area contributed by atoms with Gasteiger partial charge in [-0.25, -0.2) is 0 Å². The van der Waals surface area contributed by atoms with E-state index >= 15 is 0 Å². The van der Waals surface area contributed by atoms with Crippen molar-refractivity contribution in [2.24, 2.45) is 0 Å². The minimum atomic E-state index is -0.0245. The van der Waals surface area contributed by atoms with Crippen LogP contribution < -0.4 is 10.2 Å². The van der Waals surface area contributed by atoms with E-state index < -0.39 is 0 Å². The first kappa shape index (κ1) is 14.3. The number of nitrogens with zero attached hydrogens (tertiary/aromatic N) is 2. The number of methoxy groups -OCH3 is 1. The van der Waals surface area contributed by atoms with Crippen LogP contribution in [0.15, 0.2) is 18.3 Å². The Labute approximate surface area is 116 Å². The number of ether oxygens (including phenoxy) is 1. The van der Waals surface area contributed by atoms with Crippen LogP contribution >= 0.6 is 0 Å². The van der Waals surface area contributed by atoms with Crippen LogP contribution in [0.1, 0.15) is 32.4 Å². The van der Waals surface area contributed by atoms with Gasteiger partial charge in [0.15, 0.2) is 0 Å². The second-order valence-electron chi connectivity index (χ2n) is 5.46. The monoisotopic (exact) mass is 263 g/mol. The third-order valence-electron chi connectivity index (χ3n) is 3.87. The molecule has 19 heavy (non-hydrogen) atoms. The fraction of sp³-hybridized carbons (Fsp3) is 0.667. The van der Waals surface area contributed by atoms with Crippen LogP contribution in [0.5, 0.6) is 0 Å². The summed E-state index contributed by atoms with van der Waals surface area (Å²) in [6.45, 7) is 8.16. The lowest BCUT2D eigenvalue weighted by molar-refractivity contribution is -0.00466. The molecule has 0 radical (unpaired) electrons. The highest BCUT2D eigenvalue weighted by atomic mass is 16.5. The Kier molecular flexibility index (Phi) is 4.77. The zero-order valence-electron chi connectivity index (χ0n) is 12.3. The lowest BCUT2D eigenvalue weighted by atomic mass is 9.94. The summed E-state index contributed by atoms with van der Waals surface area (Å²) in [5.41, 5.74) is 2.33. The molecule has 106 valence electrons. The van der Waals surface area contributed by atoms with Crippen molar-refractivity contribution >= 4 is 5.69 Å². The highest BCUT2D eigenvalue weighted by molar-refractivity contribution is 5.47. The predicted molar refractivity (Wildman–Crippen MR) is 78.5 cm³/mol. The van der Waals surface area contributed by atoms with Gasteiger partial charge in [-0.15, -0.1) is 0 Å². The number of hydrogen-bond donors (Lipinski definition) is 1. The van der Waals surface area contributed by atoms with E-state index in [0.717, 1.165) is 38.3 Å². The summed E-state index contributed by atoms with van der Waals surface area (Å²) in [4.78, 5) is 6.81. The van der Waals surface area contributed by atoms with E-state index in [1.807, 2.05) is 13.3 Å². The average Bonchev–Trinajstić information content (AvgIpc) is 2.45. The van der Waals surface area contributed by atoms with Gasteiger partial charge in [-0.05, 0) is 38.4 Å². The molecule has 0 amide bonds. The van der Waals surface area contributed by atoms with Crippen LogP contribution in [0.2, 0.25) is 0 Å². The van der Waals surface area contributed by atoms with Crippen LogP contribution in [0.4, 0.5) is 5.69 Å². The molecule has 1 saturated heterocycles. The third-order valence-corrected chi connectivity index (χ3v) is 3.87. The molecule has 1 atom stereocenters. The van der Waals surface area contributed by atoms with E-state index in [0.29, 0.717) is 0 Å². The SMILES string of the molecule is CCNCc1cc(N2CCCC(C)(OC)C2)ccn1. The van der Waals surface area contributed by atoms with Crippen molar-refractivity contribution < 1.29 is 4.74 Å². The number of nitrogens with one attached hydrogen (secondary N) is 1. The van der Waals surface area contributed by atoms with Crippen molar-refractivity contribution in [3.8, 4) is 0 Å². The van der Waals surface area contributed by atoms with Gasteiger partial charge >= 0.3 is 0 Å². The average molecular weight is 263 g/mol. The van der Waals surface area contributed by atoms with Crippen molar-refractivity contribution in [2.45, 2.75) is 38.8 Å². The van der Waals surface area contributed by atoms with Gasteiger partial charge in [0.25, 0.3) is 0 Å². The van der Waals surface area contributed by atoms with E-state index in [4.69, 9.17) is 4.74 Å². The molecule has 1 N–H and O–H groups in total. The van der Waals surface area contributed by atoms with Gasteiger partial charge in [-0.1, -0.05) is 6.92 Å². The quantitative estimate of drug-likeness (QED) is 0.883. The number of aromatic nitrogens is 1. The molecule has 0 saturated carbocycles. The number of rotatable bonds is 5. The minimum absolute atomic E-state index is 0.0245. The predicted octanol–water partition coefficient (Wildman–Crippen LogP) is 2.20. The lowest BCUT2D eigenvalue weighted by Gasteiger charge is -2.40. The number of hydrogen-bond acceptors (Lipinski definition) is 4. The highest BCUT2D eigenvalue weighted by Crippen LogP contribution is 2.27. The maximum absolute atomic E-state index is 5.66. The van der Waals surface area contributed by atoms with Crippen LogP contribution in [0.25, 0.3) is 0 Å². The standard InChI is InChI=1S/C15H25N3O/c1-4-16-11-13-10-14(6-8-17-13)18-9-5-7-15(2,12-18)19-3/h6,8,10,16H,4-5,7,9,11-12H2,1-3H3. The summed E-state index contributed by atoms with van der Waals surface area (Å²) in [5.74, 6) is 0. The minimum Gasteiger partial charge on any atom is -0.377 e.